The number of rotatable bonds is 4. The minimum atomic E-state index is -0.0803. The van der Waals surface area contributed by atoms with Gasteiger partial charge in [-0.1, -0.05) is 6.58 Å². The van der Waals surface area contributed by atoms with Gasteiger partial charge in [0.2, 0.25) is 0 Å². The Morgan fingerprint density at radius 3 is 2.76 bits per heavy atom. The number of hydrogen-bond donors (Lipinski definition) is 1. The molecule has 0 atom stereocenters. The number of nitrogens with zero attached hydrogens (tertiary/aromatic N) is 2. The number of hydrogen-bond acceptors (Lipinski definition) is 4. The van der Waals surface area contributed by atoms with E-state index in [2.05, 4.69) is 55.4 Å². The SMILES string of the molecule is C=C(c1[nH]nc(-c2ccc(OC)cc2C)c1C)N1CCOCC1(C)C. The first kappa shape index (κ1) is 17.5. The minimum Gasteiger partial charge on any atom is -0.497 e. The first-order valence-electron chi connectivity index (χ1n) is 8.60. The van der Waals surface area contributed by atoms with Crippen molar-refractivity contribution in [2.45, 2.75) is 33.2 Å². The topological polar surface area (TPSA) is 50.4 Å². The second-order valence-corrected chi connectivity index (χ2v) is 7.22. The van der Waals surface area contributed by atoms with Crippen LogP contribution in [0.3, 0.4) is 0 Å². The zero-order chi connectivity index (χ0) is 18.2. The van der Waals surface area contributed by atoms with Crippen molar-refractivity contribution in [3.8, 4) is 17.0 Å². The quantitative estimate of drug-likeness (QED) is 0.919. The monoisotopic (exact) mass is 341 g/mol. The van der Waals surface area contributed by atoms with Crippen LogP contribution in [-0.2, 0) is 4.74 Å². The third-order valence-electron chi connectivity index (χ3n) is 4.96. The molecule has 25 heavy (non-hydrogen) atoms. The highest BCUT2D eigenvalue weighted by molar-refractivity contribution is 5.74. The lowest BCUT2D eigenvalue weighted by Gasteiger charge is -2.44. The zero-order valence-corrected chi connectivity index (χ0v) is 15.8. The summed E-state index contributed by atoms with van der Waals surface area (Å²) in [5, 5.41) is 7.78. The molecule has 0 aliphatic carbocycles. The van der Waals surface area contributed by atoms with Crippen LogP contribution in [0, 0.1) is 13.8 Å². The number of benzene rings is 1. The molecule has 134 valence electrons. The molecule has 0 unspecified atom stereocenters. The number of methoxy groups -OCH3 is 1. The van der Waals surface area contributed by atoms with Crippen LogP contribution < -0.4 is 4.74 Å². The number of morpholine rings is 1. The lowest BCUT2D eigenvalue weighted by atomic mass is 9.98. The number of nitrogens with one attached hydrogen (secondary N) is 1. The van der Waals surface area contributed by atoms with Crippen LogP contribution in [0.4, 0.5) is 0 Å². The minimum absolute atomic E-state index is 0.0803. The number of H-pyrrole nitrogens is 1. The van der Waals surface area contributed by atoms with Gasteiger partial charge >= 0.3 is 0 Å². The maximum atomic E-state index is 5.62. The van der Waals surface area contributed by atoms with E-state index in [1.54, 1.807) is 7.11 Å². The van der Waals surface area contributed by atoms with Crippen LogP contribution in [0.5, 0.6) is 5.75 Å². The van der Waals surface area contributed by atoms with Gasteiger partial charge in [-0.3, -0.25) is 5.10 Å². The Bertz CT molecular complexity index is 792. The summed E-state index contributed by atoms with van der Waals surface area (Å²) in [5.74, 6) is 0.856. The first-order valence-corrected chi connectivity index (χ1v) is 8.60. The molecule has 1 saturated heterocycles. The molecule has 1 aromatic carbocycles. The molecule has 2 heterocycles. The molecule has 0 amide bonds. The Balaban J connectivity index is 1.95. The van der Waals surface area contributed by atoms with Gasteiger partial charge in [-0.05, 0) is 51.5 Å². The van der Waals surface area contributed by atoms with Crippen molar-refractivity contribution in [1.29, 1.82) is 0 Å². The molecule has 3 rings (SSSR count). The van der Waals surface area contributed by atoms with Gasteiger partial charge in [0.05, 0.1) is 42.9 Å². The van der Waals surface area contributed by atoms with Gasteiger partial charge in [-0.2, -0.15) is 5.10 Å². The van der Waals surface area contributed by atoms with E-state index in [9.17, 15) is 0 Å². The van der Waals surface area contributed by atoms with E-state index in [1.807, 2.05) is 12.1 Å². The van der Waals surface area contributed by atoms with Crippen LogP contribution >= 0.6 is 0 Å². The molecule has 1 N–H and O–H groups in total. The number of aromatic amines is 1. The smallest absolute Gasteiger partial charge is 0.119 e. The molecule has 1 aromatic heterocycles. The van der Waals surface area contributed by atoms with Crippen LogP contribution in [0.1, 0.15) is 30.7 Å². The third-order valence-corrected chi connectivity index (χ3v) is 4.96. The molecule has 1 aliphatic heterocycles. The van der Waals surface area contributed by atoms with E-state index in [0.717, 1.165) is 52.7 Å². The Morgan fingerprint density at radius 1 is 1.36 bits per heavy atom. The molecule has 0 saturated carbocycles. The molecule has 1 aliphatic rings. The summed E-state index contributed by atoms with van der Waals surface area (Å²) < 4.78 is 10.9. The number of ether oxygens (including phenoxy) is 2. The Labute approximate surface area is 149 Å². The molecular formula is C20H27N3O2. The van der Waals surface area contributed by atoms with Crippen molar-refractivity contribution >= 4 is 5.70 Å². The average molecular weight is 341 g/mol. The first-order chi connectivity index (χ1) is 11.8. The standard InChI is InChI=1S/C20H27N3O2/c1-13-11-16(24-6)7-8-17(13)19-14(2)18(21-22-19)15(3)23-9-10-25-12-20(23,4)5/h7-8,11H,3,9-10,12H2,1-2,4-6H3,(H,21,22). The van der Waals surface area contributed by atoms with Gasteiger partial charge in [0.25, 0.3) is 0 Å². The summed E-state index contributed by atoms with van der Waals surface area (Å²) in [7, 11) is 1.68. The fourth-order valence-electron chi connectivity index (χ4n) is 3.46. The normalized spacial score (nSPS) is 16.8. The highest BCUT2D eigenvalue weighted by Gasteiger charge is 2.33. The van der Waals surface area contributed by atoms with Crippen molar-refractivity contribution in [2.75, 3.05) is 26.9 Å². The fraction of sp³-hybridized carbons (Fsp3) is 0.450. The number of aryl methyl sites for hydroxylation is 1. The van der Waals surface area contributed by atoms with Crippen molar-refractivity contribution in [1.82, 2.24) is 15.1 Å². The van der Waals surface area contributed by atoms with Gasteiger partial charge < -0.3 is 14.4 Å². The van der Waals surface area contributed by atoms with Crippen molar-refractivity contribution in [3.63, 3.8) is 0 Å². The number of aromatic nitrogens is 2. The Morgan fingerprint density at radius 2 is 2.12 bits per heavy atom. The van der Waals surface area contributed by atoms with Gasteiger partial charge in [0.15, 0.2) is 0 Å². The van der Waals surface area contributed by atoms with Crippen LogP contribution in [0.2, 0.25) is 0 Å². The second-order valence-electron chi connectivity index (χ2n) is 7.22. The van der Waals surface area contributed by atoms with E-state index < -0.39 is 0 Å². The summed E-state index contributed by atoms with van der Waals surface area (Å²) in [4.78, 5) is 2.31. The molecule has 0 radical (unpaired) electrons. The third kappa shape index (κ3) is 3.16. The lowest BCUT2D eigenvalue weighted by Crippen LogP contribution is -2.51. The maximum Gasteiger partial charge on any atom is 0.119 e. The van der Waals surface area contributed by atoms with E-state index >= 15 is 0 Å². The lowest BCUT2D eigenvalue weighted by molar-refractivity contribution is -0.0202. The van der Waals surface area contributed by atoms with Gasteiger partial charge in [0, 0.05) is 17.7 Å². The Kier molecular flexibility index (Phi) is 4.60. The van der Waals surface area contributed by atoms with Crippen LogP contribution in [0.15, 0.2) is 24.8 Å². The van der Waals surface area contributed by atoms with E-state index in [0.29, 0.717) is 6.61 Å². The molecule has 1 fully saturated rings. The fourth-order valence-corrected chi connectivity index (χ4v) is 3.46. The van der Waals surface area contributed by atoms with Gasteiger partial charge in [-0.25, -0.2) is 0 Å². The van der Waals surface area contributed by atoms with E-state index in [-0.39, 0.29) is 5.54 Å². The largest absolute Gasteiger partial charge is 0.497 e. The molecule has 5 nitrogen and oxygen atoms in total. The average Bonchev–Trinajstić information content (AvgIpc) is 2.95. The summed E-state index contributed by atoms with van der Waals surface area (Å²) in [6.45, 7) is 15.1. The summed E-state index contributed by atoms with van der Waals surface area (Å²) in [6.07, 6.45) is 0. The molecule has 0 spiro atoms. The van der Waals surface area contributed by atoms with E-state index in [1.165, 1.54) is 0 Å². The zero-order valence-electron chi connectivity index (χ0n) is 15.8. The van der Waals surface area contributed by atoms with Crippen LogP contribution in [-0.4, -0.2) is 47.5 Å². The predicted octanol–water partition coefficient (Wildman–Crippen LogP) is 3.78. The summed E-state index contributed by atoms with van der Waals surface area (Å²) in [6, 6.07) is 6.06. The van der Waals surface area contributed by atoms with Crippen molar-refractivity contribution < 1.29 is 9.47 Å². The molecular weight excluding hydrogens is 314 g/mol. The van der Waals surface area contributed by atoms with Crippen molar-refractivity contribution in [3.05, 3.63) is 41.6 Å². The second kappa shape index (κ2) is 6.56. The highest BCUT2D eigenvalue weighted by atomic mass is 16.5. The maximum absolute atomic E-state index is 5.62. The highest BCUT2D eigenvalue weighted by Crippen LogP contribution is 2.34. The summed E-state index contributed by atoms with van der Waals surface area (Å²) >= 11 is 0. The van der Waals surface area contributed by atoms with Gasteiger partial charge in [0.1, 0.15) is 5.75 Å². The summed E-state index contributed by atoms with van der Waals surface area (Å²) in [5.41, 5.74) is 6.19. The molecule has 2 aromatic rings. The Hall–Kier alpha value is -2.27. The van der Waals surface area contributed by atoms with Gasteiger partial charge in [-0.15, -0.1) is 0 Å². The molecule has 5 heteroatoms. The predicted molar refractivity (Wildman–Crippen MR) is 101 cm³/mol. The van der Waals surface area contributed by atoms with Crippen LogP contribution in [0.25, 0.3) is 17.0 Å². The molecule has 0 bridgehead atoms. The van der Waals surface area contributed by atoms with E-state index in [4.69, 9.17) is 9.47 Å². The van der Waals surface area contributed by atoms with Crippen molar-refractivity contribution in [2.24, 2.45) is 0 Å².